The molecular weight excluding hydrogens is 218 g/mol. The van der Waals surface area contributed by atoms with Gasteiger partial charge in [-0.15, -0.1) is 0 Å². The molecule has 0 heterocycles. The average Bonchev–Trinajstić information content (AvgIpc) is 2.28. The highest BCUT2D eigenvalue weighted by Crippen LogP contribution is 2.16. The van der Waals surface area contributed by atoms with E-state index in [1.165, 1.54) is 11.1 Å². The Kier molecular flexibility index (Phi) is 6.34. The lowest BCUT2D eigenvalue weighted by Crippen LogP contribution is -2.03. The molecule has 3 heteroatoms. The van der Waals surface area contributed by atoms with E-state index in [0.29, 0.717) is 0 Å². The van der Waals surface area contributed by atoms with Gasteiger partial charge in [0.15, 0.2) is 0 Å². The molecule has 0 radical (unpaired) electrons. The maximum atomic E-state index is 5.68. The van der Waals surface area contributed by atoms with Gasteiger partial charge in [-0.25, -0.2) is 0 Å². The molecule has 0 aliphatic carbocycles. The van der Waals surface area contributed by atoms with Crippen LogP contribution in [0, 0.1) is 13.8 Å². The molecule has 1 rings (SSSR count). The Labute approximate surface area is 103 Å². The summed E-state index contributed by atoms with van der Waals surface area (Å²) in [4.78, 5) is 0. The van der Waals surface area contributed by atoms with Crippen LogP contribution in [0.4, 0.5) is 0 Å². The smallest absolute Gasteiger partial charge is 0.119 e. The van der Waals surface area contributed by atoms with Crippen molar-refractivity contribution >= 4 is 11.8 Å². The van der Waals surface area contributed by atoms with Crippen molar-refractivity contribution in [3.63, 3.8) is 0 Å². The third-order valence-corrected chi connectivity index (χ3v) is 3.54. The van der Waals surface area contributed by atoms with Crippen molar-refractivity contribution in [2.24, 2.45) is 5.73 Å². The molecule has 0 unspecified atom stereocenters. The number of hydrogen-bond acceptors (Lipinski definition) is 3. The van der Waals surface area contributed by atoms with Crippen molar-refractivity contribution in [2.45, 2.75) is 20.3 Å². The third kappa shape index (κ3) is 4.90. The van der Waals surface area contributed by atoms with E-state index in [4.69, 9.17) is 10.5 Å². The van der Waals surface area contributed by atoms with Gasteiger partial charge in [-0.05, 0) is 49.3 Å². The quantitative estimate of drug-likeness (QED) is 0.743. The van der Waals surface area contributed by atoms with Crippen molar-refractivity contribution < 1.29 is 4.74 Å². The molecule has 1 aromatic rings. The minimum Gasteiger partial charge on any atom is -0.494 e. The molecule has 0 amide bonds. The lowest BCUT2D eigenvalue weighted by molar-refractivity contribution is 0.318. The van der Waals surface area contributed by atoms with Crippen LogP contribution in [0.3, 0.4) is 0 Å². The number of nitrogens with two attached hydrogens (primary N) is 1. The molecule has 1 aromatic carbocycles. The number of hydrogen-bond donors (Lipinski definition) is 1. The predicted octanol–water partition coefficient (Wildman–Crippen LogP) is 2.76. The highest BCUT2D eigenvalue weighted by Gasteiger charge is 1.97. The molecular formula is C13H21NOS. The largest absolute Gasteiger partial charge is 0.494 e. The number of aryl methyl sites for hydroxylation is 2. The van der Waals surface area contributed by atoms with Crippen LogP contribution in [-0.2, 0) is 0 Å². The monoisotopic (exact) mass is 239 g/mol. The van der Waals surface area contributed by atoms with Gasteiger partial charge in [0.1, 0.15) is 5.75 Å². The van der Waals surface area contributed by atoms with E-state index in [-0.39, 0.29) is 0 Å². The molecule has 16 heavy (non-hydrogen) atoms. The Balaban J connectivity index is 2.19. The maximum Gasteiger partial charge on any atom is 0.119 e. The molecule has 2 N–H and O–H groups in total. The summed E-state index contributed by atoms with van der Waals surface area (Å²) in [5, 5.41) is 0. The van der Waals surface area contributed by atoms with Crippen LogP contribution in [0.25, 0.3) is 0 Å². The van der Waals surface area contributed by atoms with Crippen LogP contribution >= 0.6 is 11.8 Å². The molecule has 0 spiro atoms. The Morgan fingerprint density at radius 2 is 2.00 bits per heavy atom. The molecule has 0 saturated heterocycles. The molecule has 0 aromatic heterocycles. The molecule has 0 aliphatic heterocycles. The van der Waals surface area contributed by atoms with Gasteiger partial charge in [0.2, 0.25) is 0 Å². The minimum atomic E-state index is 0.767. The van der Waals surface area contributed by atoms with Crippen molar-refractivity contribution in [3.8, 4) is 5.75 Å². The van der Waals surface area contributed by atoms with E-state index in [9.17, 15) is 0 Å². The third-order valence-electron chi connectivity index (χ3n) is 2.44. The van der Waals surface area contributed by atoms with Gasteiger partial charge in [0.05, 0.1) is 6.61 Å². The molecule has 90 valence electrons. The van der Waals surface area contributed by atoms with Crippen LogP contribution in [-0.4, -0.2) is 24.7 Å². The van der Waals surface area contributed by atoms with Crippen molar-refractivity contribution in [1.29, 1.82) is 0 Å². The van der Waals surface area contributed by atoms with Gasteiger partial charge in [0.25, 0.3) is 0 Å². The zero-order valence-corrected chi connectivity index (χ0v) is 11.0. The average molecular weight is 239 g/mol. The summed E-state index contributed by atoms with van der Waals surface area (Å²) in [6, 6.07) is 6.24. The van der Waals surface area contributed by atoms with Crippen LogP contribution in [0.15, 0.2) is 18.2 Å². The summed E-state index contributed by atoms with van der Waals surface area (Å²) in [6.07, 6.45) is 1.08. The summed E-state index contributed by atoms with van der Waals surface area (Å²) < 4.78 is 5.68. The standard InChI is InChI=1S/C13H21NOS/c1-11-4-5-13(10-12(11)2)15-7-3-8-16-9-6-14/h4-5,10H,3,6-9,14H2,1-2H3. The lowest BCUT2D eigenvalue weighted by atomic mass is 10.1. The number of thioether (sulfide) groups is 1. The topological polar surface area (TPSA) is 35.2 Å². The van der Waals surface area contributed by atoms with Crippen molar-refractivity contribution in [3.05, 3.63) is 29.3 Å². The highest BCUT2D eigenvalue weighted by molar-refractivity contribution is 7.99. The Bertz CT molecular complexity index is 315. The number of ether oxygens (including phenoxy) is 1. The second-order valence-electron chi connectivity index (χ2n) is 3.85. The predicted molar refractivity (Wildman–Crippen MR) is 72.4 cm³/mol. The summed E-state index contributed by atoms with van der Waals surface area (Å²) in [7, 11) is 0. The van der Waals surface area contributed by atoms with Crippen LogP contribution < -0.4 is 10.5 Å². The highest BCUT2D eigenvalue weighted by atomic mass is 32.2. The fraction of sp³-hybridized carbons (Fsp3) is 0.538. The van der Waals surface area contributed by atoms with Gasteiger partial charge in [-0.2, -0.15) is 11.8 Å². The van der Waals surface area contributed by atoms with E-state index in [2.05, 4.69) is 26.0 Å². The zero-order chi connectivity index (χ0) is 11.8. The summed E-state index contributed by atoms with van der Waals surface area (Å²) in [5.41, 5.74) is 8.01. The van der Waals surface area contributed by atoms with Crippen LogP contribution in [0.5, 0.6) is 5.75 Å². The van der Waals surface area contributed by atoms with E-state index < -0.39 is 0 Å². The van der Waals surface area contributed by atoms with E-state index in [1.54, 1.807) is 0 Å². The Morgan fingerprint density at radius 1 is 1.19 bits per heavy atom. The number of rotatable bonds is 7. The second kappa shape index (κ2) is 7.58. The van der Waals surface area contributed by atoms with E-state index >= 15 is 0 Å². The Morgan fingerprint density at radius 3 is 2.69 bits per heavy atom. The SMILES string of the molecule is Cc1ccc(OCCCSCCN)cc1C. The fourth-order valence-electron chi connectivity index (χ4n) is 1.34. The van der Waals surface area contributed by atoms with Gasteiger partial charge < -0.3 is 10.5 Å². The lowest BCUT2D eigenvalue weighted by Gasteiger charge is -2.08. The first-order valence-corrected chi connectivity index (χ1v) is 6.87. The summed E-state index contributed by atoms with van der Waals surface area (Å²) in [6.45, 7) is 5.78. The number of benzene rings is 1. The molecule has 0 atom stereocenters. The van der Waals surface area contributed by atoms with Gasteiger partial charge in [0, 0.05) is 12.3 Å². The Hall–Kier alpha value is -0.670. The minimum absolute atomic E-state index is 0.767. The normalized spacial score (nSPS) is 10.4. The van der Waals surface area contributed by atoms with Crippen molar-refractivity contribution in [2.75, 3.05) is 24.7 Å². The van der Waals surface area contributed by atoms with Gasteiger partial charge >= 0.3 is 0 Å². The van der Waals surface area contributed by atoms with Crippen LogP contribution in [0.2, 0.25) is 0 Å². The van der Waals surface area contributed by atoms with Gasteiger partial charge in [-0.1, -0.05) is 6.07 Å². The first-order valence-electron chi connectivity index (χ1n) is 5.72. The molecule has 0 saturated carbocycles. The first kappa shape index (κ1) is 13.4. The maximum absolute atomic E-state index is 5.68. The molecule has 0 bridgehead atoms. The summed E-state index contributed by atoms with van der Waals surface area (Å²) >= 11 is 1.89. The second-order valence-corrected chi connectivity index (χ2v) is 5.07. The molecule has 0 fully saturated rings. The zero-order valence-electron chi connectivity index (χ0n) is 10.2. The van der Waals surface area contributed by atoms with Crippen molar-refractivity contribution in [1.82, 2.24) is 0 Å². The molecule has 2 nitrogen and oxygen atoms in total. The van der Waals surface area contributed by atoms with Gasteiger partial charge in [-0.3, -0.25) is 0 Å². The fourth-order valence-corrected chi connectivity index (χ4v) is 2.03. The van der Waals surface area contributed by atoms with E-state index in [1.807, 2.05) is 17.8 Å². The summed E-state index contributed by atoms with van der Waals surface area (Å²) in [5.74, 6) is 3.15. The first-order chi connectivity index (χ1) is 7.74. The van der Waals surface area contributed by atoms with E-state index in [0.717, 1.165) is 36.8 Å². The molecule has 0 aliphatic rings. The van der Waals surface area contributed by atoms with Crippen LogP contribution in [0.1, 0.15) is 17.5 Å².